The van der Waals surface area contributed by atoms with Crippen LogP contribution < -0.4 is 5.32 Å². The van der Waals surface area contributed by atoms with Gasteiger partial charge in [0, 0.05) is 32.9 Å². The van der Waals surface area contributed by atoms with Crippen molar-refractivity contribution in [3.8, 4) is 0 Å². The highest BCUT2D eigenvalue weighted by Crippen LogP contribution is 2.20. The van der Waals surface area contributed by atoms with Gasteiger partial charge in [-0.3, -0.25) is 9.67 Å². The van der Waals surface area contributed by atoms with Gasteiger partial charge in [-0.1, -0.05) is 0 Å². The predicted molar refractivity (Wildman–Crippen MR) is 109 cm³/mol. The zero-order valence-corrected chi connectivity index (χ0v) is 17.9. The second-order valence-electron chi connectivity index (χ2n) is 7.17. The van der Waals surface area contributed by atoms with Crippen molar-refractivity contribution >= 4 is 29.9 Å². The fourth-order valence-electron chi connectivity index (χ4n) is 2.89. The highest BCUT2D eigenvalue weighted by atomic mass is 127. The lowest BCUT2D eigenvalue weighted by Gasteiger charge is -2.36. The van der Waals surface area contributed by atoms with Crippen LogP contribution in [0.15, 0.2) is 17.4 Å². The van der Waals surface area contributed by atoms with Crippen LogP contribution in [-0.2, 0) is 11.3 Å². The Kier molecular flexibility index (Phi) is 8.49. The van der Waals surface area contributed by atoms with Gasteiger partial charge in [0.25, 0.3) is 0 Å². The number of aromatic nitrogens is 2. The minimum Gasteiger partial charge on any atom is -0.372 e. The van der Waals surface area contributed by atoms with Crippen molar-refractivity contribution < 1.29 is 4.74 Å². The van der Waals surface area contributed by atoms with Crippen LogP contribution in [-0.4, -0.2) is 59.0 Å². The minimum atomic E-state index is -0.0609. The number of hydrogen-bond donors (Lipinski definition) is 1. The Morgan fingerprint density at radius 3 is 2.54 bits per heavy atom. The number of rotatable bonds is 4. The van der Waals surface area contributed by atoms with Crippen molar-refractivity contribution in [1.29, 1.82) is 0 Å². The maximum absolute atomic E-state index is 6.08. The molecule has 0 bridgehead atoms. The molecule has 138 valence electrons. The molecule has 0 unspecified atom stereocenters. The van der Waals surface area contributed by atoms with Crippen molar-refractivity contribution in [1.82, 2.24) is 20.0 Å². The summed E-state index contributed by atoms with van der Waals surface area (Å²) in [6, 6.07) is 0. The molecule has 6 nitrogen and oxygen atoms in total. The molecule has 1 aliphatic heterocycles. The fraction of sp³-hybridized carbons (Fsp3) is 0.765. The van der Waals surface area contributed by atoms with Gasteiger partial charge in [0.2, 0.25) is 0 Å². The Hall–Kier alpha value is -0.830. The average Bonchev–Trinajstić information content (AvgIpc) is 2.89. The number of aryl methyl sites for hydroxylation is 1. The number of piperidine rings is 1. The molecule has 0 atom stereocenters. The third-order valence-electron chi connectivity index (χ3n) is 3.86. The van der Waals surface area contributed by atoms with Crippen molar-refractivity contribution in [2.45, 2.75) is 58.8 Å². The molecule has 1 aliphatic rings. The third kappa shape index (κ3) is 6.96. The average molecular weight is 449 g/mol. The van der Waals surface area contributed by atoms with Crippen LogP contribution >= 0.6 is 24.0 Å². The van der Waals surface area contributed by atoms with Gasteiger partial charge in [-0.05, 0) is 46.1 Å². The number of ether oxygens (including phenoxy) is 1. The van der Waals surface area contributed by atoms with Gasteiger partial charge in [-0.2, -0.15) is 5.10 Å². The van der Waals surface area contributed by atoms with Gasteiger partial charge in [-0.15, -0.1) is 24.0 Å². The second kappa shape index (κ2) is 9.60. The van der Waals surface area contributed by atoms with Crippen LogP contribution in [0.3, 0.4) is 0 Å². The predicted octanol–water partition coefficient (Wildman–Crippen LogP) is 2.66. The van der Waals surface area contributed by atoms with Gasteiger partial charge in [0.05, 0.1) is 24.4 Å². The molecule has 0 aromatic carbocycles. The van der Waals surface area contributed by atoms with Crippen LogP contribution in [0.5, 0.6) is 0 Å². The molecule has 7 heteroatoms. The molecule has 0 spiro atoms. The zero-order valence-electron chi connectivity index (χ0n) is 15.6. The zero-order chi connectivity index (χ0) is 16.9. The van der Waals surface area contributed by atoms with E-state index in [9.17, 15) is 0 Å². The molecule has 1 fully saturated rings. The molecule has 1 aromatic rings. The molecule has 24 heavy (non-hydrogen) atoms. The fourth-order valence-corrected chi connectivity index (χ4v) is 2.89. The Bertz CT molecular complexity index is 515. The van der Waals surface area contributed by atoms with E-state index in [4.69, 9.17) is 4.74 Å². The number of likely N-dealkylation sites (tertiary alicyclic amines) is 1. The summed E-state index contributed by atoms with van der Waals surface area (Å²) in [6.07, 6.45) is 6.40. The van der Waals surface area contributed by atoms with E-state index >= 15 is 0 Å². The summed E-state index contributed by atoms with van der Waals surface area (Å²) < 4.78 is 8.04. The highest BCUT2D eigenvalue weighted by molar-refractivity contribution is 14.0. The number of nitrogens with zero attached hydrogens (tertiary/aromatic N) is 4. The highest BCUT2D eigenvalue weighted by Gasteiger charge is 2.25. The number of hydrogen-bond acceptors (Lipinski definition) is 3. The molecule has 1 N–H and O–H groups in total. The van der Waals surface area contributed by atoms with Gasteiger partial charge < -0.3 is 15.0 Å². The van der Waals surface area contributed by atoms with Gasteiger partial charge >= 0.3 is 0 Å². The Morgan fingerprint density at radius 1 is 1.38 bits per heavy atom. The standard InChI is InChI=1S/C17H31N5O.HI/c1-14-12-20-22(13-14)11-8-19-16(18-5)21-9-6-15(7-10-21)23-17(2,3)4;/h12-13,15H,6-11H2,1-5H3,(H,18,19);1H. The minimum absolute atomic E-state index is 0. The molecule has 2 heterocycles. The first-order valence-electron chi connectivity index (χ1n) is 8.50. The summed E-state index contributed by atoms with van der Waals surface area (Å²) in [5.41, 5.74) is 1.13. The molecule has 1 aromatic heterocycles. The Labute approximate surface area is 163 Å². The molecule has 1 saturated heterocycles. The largest absolute Gasteiger partial charge is 0.372 e. The molecular formula is C17H32IN5O. The van der Waals surface area contributed by atoms with Crippen LogP contribution in [0.1, 0.15) is 39.2 Å². The topological polar surface area (TPSA) is 54.7 Å². The Balaban J connectivity index is 0.00000288. The summed E-state index contributed by atoms with van der Waals surface area (Å²) in [5.74, 6) is 0.975. The van der Waals surface area contributed by atoms with E-state index in [1.54, 1.807) is 0 Å². The van der Waals surface area contributed by atoms with Gasteiger partial charge in [0.15, 0.2) is 5.96 Å². The van der Waals surface area contributed by atoms with Crippen LogP contribution in [0.25, 0.3) is 0 Å². The first kappa shape index (κ1) is 21.2. The molecule has 2 rings (SSSR count). The van der Waals surface area contributed by atoms with E-state index in [-0.39, 0.29) is 29.6 Å². The summed E-state index contributed by atoms with van der Waals surface area (Å²) in [5, 5.41) is 7.74. The third-order valence-corrected chi connectivity index (χ3v) is 3.86. The van der Waals surface area contributed by atoms with E-state index in [1.807, 2.05) is 17.9 Å². The number of guanidine groups is 1. The lowest BCUT2D eigenvalue weighted by atomic mass is 10.1. The summed E-state index contributed by atoms with van der Waals surface area (Å²) in [4.78, 5) is 6.73. The van der Waals surface area contributed by atoms with E-state index in [0.717, 1.165) is 45.0 Å². The lowest BCUT2D eigenvalue weighted by Crippen LogP contribution is -2.48. The van der Waals surface area contributed by atoms with Crippen molar-refractivity contribution in [3.63, 3.8) is 0 Å². The van der Waals surface area contributed by atoms with E-state index in [1.165, 1.54) is 5.56 Å². The number of aliphatic imine (C=N–C) groups is 1. The van der Waals surface area contributed by atoms with E-state index in [0.29, 0.717) is 6.10 Å². The van der Waals surface area contributed by atoms with Crippen LogP contribution in [0, 0.1) is 6.92 Å². The first-order chi connectivity index (χ1) is 10.9. The molecule has 0 aliphatic carbocycles. The Morgan fingerprint density at radius 2 is 2.04 bits per heavy atom. The molecule has 0 saturated carbocycles. The van der Waals surface area contributed by atoms with Crippen molar-refractivity contribution in [3.05, 3.63) is 18.0 Å². The first-order valence-corrected chi connectivity index (χ1v) is 8.50. The molecule has 0 radical (unpaired) electrons. The second-order valence-corrected chi connectivity index (χ2v) is 7.17. The number of halogens is 1. The summed E-state index contributed by atoms with van der Waals surface area (Å²) in [7, 11) is 1.85. The van der Waals surface area contributed by atoms with Gasteiger partial charge in [0.1, 0.15) is 0 Å². The van der Waals surface area contributed by atoms with Gasteiger partial charge in [-0.25, -0.2) is 0 Å². The van der Waals surface area contributed by atoms with Crippen molar-refractivity contribution in [2.24, 2.45) is 4.99 Å². The SMILES string of the molecule is CN=C(NCCn1cc(C)cn1)N1CCC(OC(C)(C)C)CC1.I. The van der Waals surface area contributed by atoms with E-state index < -0.39 is 0 Å². The molecule has 0 amide bonds. The maximum Gasteiger partial charge on any atom is 0.193 e. The normalized spacial score (nSPS) is 16.9. The summed E-state index contributed by atoms with van der Waals surface area (Å²) in [6.45, 7) is 12.1. The quantitative estimate of drug-likeness (QED) is 0.437. The lowest BCUT2D eigenvalue weighted by molar-refractivity contribution is -0.0772. The number of nitrogens with one attached hydrogen (secondary N) is 1. The summed E-state index contributed by atoms with van der Waals surface area (Å²) >= 11 is 0. The smallest absolute Gasteiger partial charge is 0.193 e. The van der Waals surface area contributed by atoms with Crippen molar-refractivity contribution in [2.75, 3.05) is 26.7 Å². The van der Waals surface area contributed by atoms with E-state index in [2.05, 4.69) is 54.2 Å². The molecular weight excluding hydrogens is 417 g/mol. The monoisotopic (exact) mass is 449 g/mol. The maximum atomic E-state index is 6.08. The van der Waals surface area contributed by atoms with Crippen LogP contribution in [0.2, 0.25) is 0 Å². The van der Waals surface area contributed by atoms with Crippen LogP contribution in [0.4, 0.5) is 0 Å².